The number of aliphatic hydroxyl groups excluding tert-OH is 1. The van der Waals surface area contributed by atoms with E-state index in [1.165, 1.54) is 12.1 Å². The average Bonchev–Trinajstić information content (AvgIpc) is 3.21. The standard InChI is InChI=1S/C18H18F3N5O/c19-18(20,21)11-4-6-12(7-5-11)23-17-24-16-3-1-2-15(26(16)25-17)22-13-8-9-14(27)10-13/h1-7,13-14,22,27H,8-10H2,(H,23,25)/t13-,14+/m0/s1. The van der Waals surface area contributed by atoms with Crippen LogP contribution in [0, 0.1) is 0 Å². The highest BCUT2D eigenvalue weighted by atomic mass is 19.4. The largest absolute Gasteiger partial charge is 0.416 e. The highest BCUT2D eigenvalue weighted by Crippen LogP contribution is 2.30. The molecular formula is C18H18F3N5O. The fraction of sp³-hybridized carbons (Fsp3) is 0.333. The van der Waals surface area contributed by atoms with Crippen LogP contribution < -0.4 is 10.6 Å². The Morgan fingerprint density at radius 2 is 1.85 bits per heavy atom. The summed E-state index contributed by atoms with van der Waals surface area (Å²) in [5.41, 5.74) is 0.363. The lowest BCUT2D eigenvalue weighted by atomic mass is 10.2. The first-order valence-electron chi connectivity index (χ1n) is 8.63. The van der Waals surface area contributed by atoms with Crippen LogP contribution in [0.3, 0.4) is 0 Å². The molecule has 1 aromatic carbocycles. The van der Waals surface area contributed by atoms with Crippen molar-refractivity contribution in [3.05, 3.63) is 48.0 Å². The summed E-state index contributed by atoms with van der Waals surface area (Å²) in [5.74, 6) is 1.04. The quantitative estimate of drug-likeness (QED) is 0.645. The van der Waals surface area contributed by atoms with E-state index in [2.05, 4.69) is 20.7 Å². The SMILES string of the molecule is O[C@@H]1CC[C@H](Nc2cccc3nc(Nc4ccc(C(F)(F)F)cc4)nn23)C1. The zero-order valence-corrected chi connectivity index (χ0v) is 14.2. The molecule has 1 fully saturated rings. The van der Waals surface area contributed by atoms with Gasteiger partial charge in [-0.05, 0) is 55.7 Å². The monoisotopic (exact) mass is 377 g/mol. The van der Waals surface area contributed by atoms with Gasteiger partial charge in [-0.3, -0.25) is 0 Å². The predicted molar refractivity (Wildman–Crippen MR) is 95.0 cm³/mol. The Morgan fingerprint density at radius 3 is 2.52 bits per heavy atom. The summed E-state index contributed by atoms with van der Waals surface area (Å²) < 4.78 is 39.6. The molecule has 3 N–H and O–H groups in total. The average molecular weight is 377 g/mol. The maximum atomic E-state index is 12.7. The molecule has 1 aliphatic carbocycles. The third-order valence-corrected chi connectivity index (χ3v) is 4.59. The summed E-state index contributed by atoms with van der Waals surface area (Å²) in [5, 5.41) is 20.3. The highest BCUT2D eigenvalue weighted by molar-refractivity contribution is 5.58. The first-order valence-corrected chi connectivity index (χ1v) is 8.63. The Bertz CT molecular complexity index is 938. The molecule has 1 saturated carbocycles. The Morgan fingerprint density at radius 1 is 1.07 bits per heavy atom. The number of pyridine rings is 1. The predicted octanol–water partition coefficient (Wildman–Crippen LogP) is 3.82. The Balaban J connectivity index is 1.54. The van der Waals surface area contributed by atoms with Crippen LogP contribution in [-0.2, 0) is 6.18 Å². The number of nitrogens with one attached hydrogen (secondary N) is 2. The van der Waals surface area contributed by atoms with Crippen LogP contribution in [-0.4, -0.2) is 31.9 Å². The number of alkyl halides is 3. The molecule has 142 valence electrons. The van der Waals surface area contributed by atoms with Gasteiger partial charge in [0.15, 0.2) is 5.65 Å². The van der Waals surface area contributed by atoms with Gasteiger partial charge in [0.2, 0.25) is 5.95 Å². The molecule has 0 bridgehead atoms. The van der Waals surface area contributed by atoms with Gasteiger partial charge in [-0.2, -0.15) is 22.7 Å². The summed E-state index contributed by atoms with van der Waals surface area (Å²) in [4.78, 5) is 4.36. The van der Waals surface area contributed by atoms with Gasteiger partial charge in [0.25, 0.3) is 0 Å². The maximum absolute atomic E-state index is 12.7. The first kappa shape index (κ1) is 17.6. The van der Waals surface area contributed by atoms with Crippen LogP contribution >= 0.6 is 0 Å². The zero-order valence-electron chi connectivity index (χ0n) is 14.2. The van der Waals surface area contributed by atoms with Gasteiger partial charge in [-0.1, -0.05) is 6.07 Å². The van der Waals surface area contributed by atoms with E-state index >= 15 is 0 Å². The first-order chi connectivity index (χ1) is 12.9. The molecule has 0 aliphatic heterocycles. The van der Waals surface area contributed by atoms with Crippen LogP contribution in [0.25, 0.3) is 5.65 Å². The third-order valence-electron chi connectivity index (χ3n) is 4.59. The number of nitrogens with zero attached hydrogens (tertiary/aromatic N) is 3. The summed E-state index contributed by atoms with van der Waals surface area (Å²) in [6, 6.07) is 10.4. The number of hydrogen-bond acceptors (Lipinski definition) is 5. The smallest absolute Gasteiger partial charge is 0.393 e. The number of benzene rings is 1. The van der Waals surface area contributed by atoms with Gasteiger partial charge < -0.3 is 15.7 Å². The molecule has 0 amide bonds. The van der Waals surface area contributed by atoms with Crippen molar-refractivity contribution in [2.75, 3.05) is 10.6 Å². The van der Waals surface area contributed by atoms with Gasteiger partial charge in [0.1, 0.15) is 5.82 Å². The molecule has 0 unspecified atom stereocenters. The lowest BCUT2D eigenvalue weighted by Crippen LogP contribution is -2.18. The van der Waals surface area contributed by atoms with Crippen LogP contribution in [0.5, 0.6) is 0 Å². The van der Waals surface area contributed by atoms with E-state index in [-0.39, 0.29) is 18.1 Å². The number of aromatic nitrogens is 3. The van der Waals surface area contributed by atoms with Crippen molar-refractivity contribution in [3.63, 3.8) is 0 Å². The van der Waals surface area contributed by atoms with Crippen LogP contribution in [0.1, 0.15) is 24.8 Å². The van der Waals surface area contributed by atoms with Crippen LogP contribution in [0.2, 0.25) is 0 Å². The van der Waals surface area contributed by atoms with Gasteiger partial charge >= 0.3 is 6.18 Å². The molecule has 4 rings (SSSR count). The molecule has 2 atom stereocenters. The van der Waals surface area contributed by atoms with Crippen molar-refractivity contribution in [3.8, 4) is 0 Å². The van der Waals surface area contributed by atoms with Gasteiger partial charge in [0, 0.05) is 11.7 Å². The molecule has 0 spiro atoms. The number of anilines is 3. The summed E-state index contributed by atoms with van der Waals surface area (Å²) in [7, 11) is 0. The van der Waals surface area contributed by atoms with Crippen molar-refractivity contribution in [1.82, 2.24) is 14.6 Å². The summed E-state index contributed by atoms with van der Waals surface area (Å²) in [6.45, 7) is 0. The molecule has 6 nitrogen and oxygen atoms in total. The Hall–Kier alpha value is -2.81. The maximum Gasteiger partial charge on any atom is 0.416 e. The van der Waals surface area contributed by atoms with E-state index in [1.807, 2.05) is 12.1 Å². The zero-order chi connectivity index (χ0) is 19.0. The number of fused-ring (bicyclic) bond motifs is 1. The van der Waals surface area contributed by atoms with Gasteiger partial charge in [-0.15, -0.1) is 5.10 Å². The molecule has 0 radical (unpaired) electrons. The summed E-state index contributed by atoms with van der Waals surface area (Å²) >= 11 is 0. The second-order valence-corrected chi connectivity index (χ2v) is 6.62. The van der Waals surface area contributed by atoms with E-state index in [0.717, 1.165) is 30.8 Å². The van der Waals surface area contributed by atoms with Crippen molar-refractivity contribution in [2.45, 2.75) is 37.6 Å². The van der Waals surface area contributed by atoms with Crippen molar-refractivity contribution in [2.24, 2.45) is 0 Å². The van der Waals surface area contributed by atoms with Crippen LogP contribution in [0.4, 0.5) is 30.6 Å². The van der Waals surface area contributed by atoms with E-state index in [4.69, 9.17) is 0 Å². The van der Waals surface area contributed by atoms with Gasteiger partial charge in [-0.25, -0.2) is 0 Å². The normalized spacial score (nSPS) is 20.1. The molecule has 3 aromatic rings. The fourth-order valence-electron chi connectivity index (χ4n) is 3.24. The number of hydrogen-bond donors (Lipinski definition) is 3. The second-order valence-electron chi connectivity index (χ2n) is 6.62. The van der Waals surface area contributed by atoms with Crippen LogP contribution in [0.15, 0.2) is 42.5 Å². The number of aliphatic hydroxyl groups is 1. The molecule has 27 heavy (non-hydrogen) atoms. The Labute approximate surface area is 153 Å². The van der Waals surface area contributed by atoms with Crippen molar-refractivity contribution in [1.29, 1.82) is 0 Å². The minimum Gasteiger partial charge on any atom is -0.393 e. The summed E-state index contributed by atoms with van der Waals surface area (Å²) in [6.07, 6.45) is -2.32. The highest BCUT2D eigenvalue weighted by Gasteiger charge is 2.30. The molecule has 2 heterocycles. The Kier molecular flexibility index (Phi) is 4.39. The van der Waals surface area contributed by atoms with E-state index < -0.39 is 11.7 Å². The minimum absolute atomic E-state index is 0.168. The van der Waals surface area contributed by atoms with E-state index in [1.54, 1.807) is 10.6 Å². The fourth-order valence-corrected chi connectivity index (χ4v) is 3.24. The third kappa shape index (κ3) is 3.82. The molecule has 9 heteroatoms. The minimum atomic E-state index is -4.37. The molecular weight excluding hydrogens is 359 g/mol. The number of halogens is 3. The molecule has 2 aromatic heterocycles. The van der Waals surface area contributed by atoms with Crippen molar-refractivity contribution < 1.29 is 18.3 Å². The lowest BCUT2D eigenvalue weighted by Gasteiger charge is -2.14. The topological polar surface area (TPSA) is 74.5 Å². The van der Waals surface area contributed by atoms with Gasteiger partial charge in [0.05, 0.1) is 11.7 Å². The molecule has 1 aliphatic rings. The lowest BCUT2D eigenvalue weighted by molar-refractivity contribution is -0.137. The molecule has 0 saturated heterocycles. The van der Waals surface area contributed by atoms with E-state index in [9.17, 15) is 18.3 Å². The second kappa shape index (κ2) is 6.73. The van der Waals surface area contributed by atoms with E-state index in [0.29, 0.717) is 17.8 Å². The van der Waals surface area contributed by atoms with Crippen molar-refractivity contribution >= 4 is 23.1 Å². The number of rotatable bonds is 4.